The smallest absolute Gasteiger partial charge is 0.148 e. The molecule has 0 fully saturated rings. The van der Waals surface area contributed by atoms with Gasteiger partial charge in [-0.05, 0) is 40.2 Å². The molecule has 0 unspecified atom stereocenters. The third kappa shape index (κ3) is 4.03. The van der Waals surface area contributed by atoms with Gasteiger partial charge in [0.15, 0.2) is 0 Å². The van der Waals surface area contributed by atoms with Crippen LogP contribution < -0.4 is 10.1 Å². The fraction of sp³-hybridized carbons (Fsp3) is 0.125. The highest BCUT2D eigenvalue weighted by Crippen LogP contribution is 2.33. The van der Waals surface area contributed by atoms with E-state index in [0.29, 0.717) is 6.54 Å². The van der Waals surface area contributed by atoms with E-state index in [0.717, 1.165) is 25.9 Å². The van der Waals surface area contributed by atoms with Crippen LogP contribution in [0.5, 0.6) is 5.75 Å². The van der Waals surface area contributed by atoms with Crippen molar-refractivity contribution >= 4 is 37.5 Å². The average Bonchev–Trinajstić information content (AvgIpc) is 2.45. The normalized spacial score (nSPS) is 9.85. The largest absolute Gasteiger partial charge is 0.479 e. The first-order chi connectivity index (χ1) is 9.70. The summed E-state index contributed by atoms with van der Waals surface area (Å²) in [5.41, 5.74) is 2.09. The number of hydrogen-bond donors (Lipinski definition) is 1. The molecule has 20 heavy (non-hydrogen) atoms. The van der Waals surface area contributed by atoms with Crippen LogP contribution >= 0.6 is 31.9 Å². The molecule has 0 aliphatic carbocycles. The fourth-order valence-electron chi connectivity index (χ4n) is 1.77. The summed E-state index contributed by atoms with van der Waals surface area (Å²) in [6.45, 7) is 0.903. The van der Waals surface area contributed by atoms with Crippen molar-refractivity contribution in [2.24, 2.45) is 0 Å². The van der Waals surface area contributed by atoms with Crippen LogP contribution in [0, 0.1) is 12.3 Å². The van der Waals surface area contributed by atoms with Gasteiger partial charge in [-0.15, -0.1) is 6.42 Å². The van der Waals surface area contributed by atoms with Gasteiger partial charge < -0.3 is 10.1 Å². The fourth-order valence-corrected chi connectivity index (χ4v) is 3.20. The van der Waals surface area contributed by atoms with Crippen molar-refractivity contribution in [1.29, 1.82) is 0 Å². The van der Waals surface area contributed by atoms with Crippen molar-refractivity contribution in [2.45, 2.75) is 6.54 Å². The van der Waals surface area contributed by atoms with Crippen LogP contribution in [0.15, 0.2) is 51.4 Å². The summed E-state index contributed by atoms with van der Waals surface area (Å²) in [5.74, 6) is 3.26. The van der Waals surface area contributed by atoms with Gasteiger partial charge in [0.1, 0.15) is 12.4 Å². The van der Waals surface area contributed by atoms with Crippen molar-refractivity contribution in [3.63, 3.8) is 0 Å². The number of halogens is 2. The Labute approximate surface area is 135 Å². The number of terminal acetylenes is 1. The number of hydrogen-bond acceptors (Lipinski definition) is 2. The number of para-hydroxylation sites is 1. The first-order valence-electron chi connectivity index (χ1n) is 6.04. The van der Waals surface area contributed by atoms with Crippen LogP contribution in [-0.2, 0) is 6.54 Å². The van der Waals surface area contributed by atoms with Crippen LogP contribution in [0.3, 0.4) is 0 Å². The van der Waals surface area contributed by atoms with E-state index in [-0.39, 0.29) is 6.61 Å². The van der Waals surface area contributed by atoms with E-state index in [1.54, 1.807) is 0 Å². The Morgan fingerprint density at radius 1 is 1.15 bits per heavy atom. The predicted octanol–water partition coefficient (Wildman–Crippen LogP) is 4.84. The maximum atomic E-state index is 5.62. The lowest BCUT2D eigenvalue weighted by atomic mass is 10.2. The molecule has 0 bridgehead atoms. The molecule has 1 N–H and O–H groups in total. The second kappa shape index (κ2) is 7.37. The highest BCUT2D eigenvalue weighted by atomic mass is 79.9. The lowest BCUT2D eigenvalue weighted by Gasteiger charge is -2.14. The molecule has 0 aliphatic heterocycles. The monoisotopic (exact) mass is 393 g/mol. The molecule has 0 saturated carbocycles. The van der Waals surface area contributed by atoms with Crippen molar-refractivity contribution in [1.82, 2.24) is 0 Å². The number of ether oxygens (including phenoxy) is 1. The van der Waals surface area contributed by atoms with Gasteiger partial charge in [0.2, 0.25) is 0 Å². The van der Waals surface area contributed by atoms with E-state index in [1.807, 2.05) is 42.5 Å². The highest BCUT2D eigenvalue weighted by Gasteiger charge is 2.10. The standard InChI is InChI=1S/C16H13Br2NO/c1-2-8-20-16-12(9-13(17)10-15(16)18)11-19-14-6-4-3-5-7-14/h1,3-7,9-10,19H,8,11H2. The first-order valence-corrected chi connectivity index (χ1v) is 7.62. The first kappa shape index (κ1) is 15.0. The van der Waals surface area contributed by atoms with Gasteiger partial charge >= 0.3 is 0 Å². The number of anilines is 1. The molecule has 2 aromatic rings. The van der Waals surface area contributed by atoms with Gasteiger partial charge in [0, 0.05) is 22.3 Å². The minimum atomic E-state index is 0.249. The third-order valence-electron chi connectivity index (χ3n) is 2.64. The zero-order valence-electron chi connectivity index (χ0n) is 10.7. The Kier molecular flexibility index (Phi) is 5.51. The lowest BCUT2D eigenvalue weighted by Crippen LogP contribution is -2.04. The summed E-state index contributed by atoms with van der Waals surface area (Å²) in [6, 6.07) is 14.0. The van der Waals surface area contributed by atoms with Crippen molar-refractivity contribution < 1.29 is 4.74 Å². The quantitative estimate of drug-likeness (QED) is 0.733. The van der Waals surface area contributed by atoms with Crippen LogP contribution in [0.25, 0.3) is 0 Å². The molecular weight excluding hydrogens is 382 g/mol. The molecule has 2 aromatic carbocycles. The third-order valence-corrected chi connectivity index (χ3v) is 3.69. The second-order valence-electron chi connectivity index (χ2n) is 4.09. The number of nitrogens with one attached hydrogen (secondary N) is 1. The Bertz CT molecular complexity index is 620. The molecule has 0 atom stereocenters. The van der Waals surface area contributed by atoms with Crippen LogP contribution in [0.1, 0.15) is 5.56 Å². The van der Waals surface area contributed by atoms with E-state index in [9.17, 15) is 0 Å². The maximum absolute atomic E-state index is 5.62. The molecular formula is C16H13Br2NO. The minimum absolute atomic E-state index is 0.249. The zero-order valence-corrected chi connectivity index (χ0v) is 13.9. The Morgan fingerprint density at radius 3 is 2.60 bits per heavy atom. The molecule has 0 heterocycles. The summed E-state index contributed by atoms with van der Waals surface area (Å²) < 4.78 is 7.49. The minimum Gasteiger partial charge on any atom is -0.479 e. The predicted molar refractivity (Wildman–Crippen MR) is 89.9 cm³/mol. The molecule has 0 amide bonds. The SMILES string of the molecule is C#CCOc1c(Br)cc(Br)cc1CNc1ccccc1. The summed E-state index contributed by atoms with van der Waals surface area (Å²) in [5, 5.41) is 3.36. The topological polar surface area (TPSA) is 21.3 Å². The Balaban J connectivity index is 2.19. The van der Waals surface area contributed by atoms with Gasteiger partial charge in [0.05, 0.1) is 4.47 Å². The van der Waals surface area contributed by atoms with Crippen molar-refractivity contribution in [3.05, 3.63) is 57.0 Å². The average molecular weight is 395 g/mol. The van der Waals surface area contributed by atoms with E-state index < -0.39 is 0 Å². The van der Waals surface area contributed by atoms with Crippen molar-refractivity contribution in [3.8, 4) is 18.1 Å². The molecule has 0 aliphatic rings. The van der Waals surface area contributed by atoms with E-state index in [1.165, 1.54) is 0 Å². The molecule has 0 spiro atoms. The molecule has 102 valence electrons. The molecule has 0 saturated heterocycles. The summed E-state index contributed by atoms with van der Waals surface area (Å²) in [4.78, 5) is 0. The van der Waals surface area contributed by atoms with E-state index in [4.69, 9.17) is 11.2 Å². The summed E-state index contributed by atoms with van der Waals surface area (Å²) >= 11 is 6.99. The van der Waals surface area contributed by atoms with Crippen LogP contribution in [0.2, 0.25) is 0 Å². The Hall–Kier alpha value is -1.44. The van der Waals surface area contributed by atoms with E-state index in [2.05, 4.69) is 43.1 Å². The van der Waals surface area contributed by atoms with Crippen molar-refractivity contribution in [2.75, 3.05) is 11.9 Å². The second-order valence-corrected chi connectivity index (χ2v) is 5.86. The molecule has 2 nitrogen and oxygen atoms in total. The molecule has 0 aromatic heterocycles. The number of rotatable bonds is 5. The molecule has 2 rings (SSSR count). The van der Waals surface area contributed by atoms with Crippen LogP contribution in [-0.4, -0.2) is 6.61 Å². The van der Waals surface area contributed by atoms with Gasteiger partial charge in [-0.1, -0.05) is 40.0 Å². The number of benzene rings is 2. The molecule has 4 heteroatoms. The summed E-state index contributed by atoms with van der Waals surface area (Å²) in [7, 11) is 0. The van der Waals surface area contributed by atoms with Gasteiger partial charge in [-0.3, -0.25) is 0 Å². The van der Waals surface area contributed by atoms with Gasteiger partial charge in [-0.25, -0.2) is 0 Å². The summed E-state index contributed by atoms with van der Waals surface area (Å²) in [6.07, 6.45) is 5.26. The van der Waals surface area contributed by atoms with Gasteiger partial charge in [0.25, 0.3) is 0 Å². The van der Waals surface area contributed by atoms with Crippen LogP contribution in [0.4, 0.5) is 5.69 Å². The van der Waals surface area contributed by atoms with E-state index >= 15 is 0 Å². The lowest BCUT2D eigenvalue weighted by molar-refractivity contribution is 0.364. The zero-order chi connectivity index (χ0) is 14.4. The van der Waals surface area contributed by atoms with Gasteiger partial charge in [-0.2, -0.15) is 0 Å². The Morgan fingerprint density at radius 2 is 1.90 bits per heavy atom. The maximum Gasteiger partial charge on any atom is 0.148 e. The highest BCUT2D eigenvalue weighted by molar-refractivity contribution is 9.11. The molecule has 0 radical (unpaired) electrons.